The van der Waals surface area contributed by atoms with Crippen LogP contribution < -0.4 is 0 Å². The van der Waals surface area contributed by atoms with E-state index in [1.165, 1.54) is 5.56 Å². The Morgan fingerprint density at radius 3 is 2.75 bits per heavy atom. The molecule has 0 fully saturated rings. The molecule has 0 saturated carbocycles. The van der Waals surface area contributed by atoms with E-state index in [-0.39, 0.29) is 6.42 Å². The molecule has 16 heavy (non-hydrogen) atoms. The van der Waals surface area contributed by atoms with Crippen LogP contribution in [-0.2, 0) is 17.6 Å². The lowest BCUT2D eigenvalue weighted by Crippen LogP contribution is -2.00. The maximum atomic E-state index is 10.8. The van der Waals surface area contributed by atoms with E-state index >= 15 is 0 Å². The molecule has 0 amide bonds. The number of aryl methyl sites for hydroxylation is 1. The van der Waals surface area contributed by atoms with Gasteiger partial charge < -0.3 is 5.11 Å². The van der Waals surface area contributed by atoms with E-state index in [2.05, 4.69) is 25.1 Å². The van der Waals surface area contributed by atoms with E-state index in [1.54, 1.807) is 0 Å². The smallest absolute Gasteiger partial charge is 0.307 e. The summed E-state index contributed by atoms with van der Waals surface area (Å²) in [5, 5.41) is 11.0. The first kappa shape index (κ1) is 10.7. The molecule has 82 valence electrons. The molecule has 0 saturated heterocycles. The molecule has 2 rings (SSSR count). The van der Waals surface area contributed by atoms with Crippen molar-refractivity contribution in [1.82, 2.24) is 0 Å². The quantitative estimate of drug-likeness (QED) is 0.852. The van der Waals surface area contributed by atoms with Gasteiger partial charge in [-0.3, -0.25) is 4.79 Å². The normalized spacial score (nSPS) is 10.6. The molecule has 0 unspecified atom stereocenters. The van der Waals surface area contributed by atoms with Crippen LogP contribution in [0.1, 0.15) is 18.1 Å². The molecule has 0 heterocycles. The van der Waals surface area contributed by atoms with Crippen LogP contribution in [0.3, 0.4) is 0 Å². The van der Waals surface area contributed by atoms with Crippen molar-refractivity contribution >= 4 is 16.7 Å². The van der Waals surface area contributed by atoms with Crippen LogP contribution in [0.15, 0.2) is 36.4 Å². The fraction of sp³-hybridized carbons (Fsp3) is 0.214. The van der Waals surface area contributed by atoms with Crippen molar-refractivity contribution in [2.45, 2.75) is 19.8 Å². The summed E-state index contributed by atoms with van der Waals surface area (Å²) >= 11 is 0. The second kappa shape index (κ2) is 4.35. The molecule has 2 heteroatoms. The Labute approximate surface area is 94.5 Å². The van der Waals surface area contributed by atoms with Gasteiger partial charge in [-0.2, -0.15) is 0 Å². The third-order valence-corrected chi connectivity index (χ3v) is 2.79. The maximum absolute atomic E-state index is 10.8. The first-order valence-electron chi connectivity index (χ1n) is 5.43. The molecular formula is C14H14O2. The lowest BCUT2D eigenvalue weighted by molar-refractivity contribution is -0.136. The Kier molecular flexibility index (Phi) is 2.91. The minimum atomic E-state index is -0.783. The lowest BCUT2D eigenvalue weighted by atomic mass is 9.99. The minimum absolute atomic E-state index is 0.0878. The summed E-state index contributed by atoms with van der Waals surface area (Å²) in [6.45, 7) is 2.10. The lowest BCUT2D eigenvalue weighted by Gasteiger charge is -2.06. The summed E-state index contributed by atoms with van der Waals surface area (Å²) in [5.41, 5.74) is 2.13. The Morgan fingerprint density at radius 2 is 2.06 bits per heavy atom. The molecule has 2 aromatic rings. The van der Waals surface area contributed by atoms with Crippen LogP contribution in [0.5, 0.6) is 0 Å². The SMILES string of the molecule is CCc1ccc2cccc(CC(=O)O)c2c1. The second-order valence-corrected chi connectivity index (χ2v) is 3.90. The average Bonchev–Trinajstić information content (AvgIpc) is 2.28. The van der Waals surface area contributed by atoms with Crippen LogP contribution in [0.25, 0.3) is 10.8 Å². The number of hydrogen-bond donors (Lipinski definition) is 1. The van der Waals surface area contributed by atoms with E-state index in [1.807, 2.05) is 18.2 Å². The zero-order valence-corrected chi connectivity index (χ0v) is 9.23. The molecule has 0 aliphatic heterocycles. The number of aliphatic carboxylic acids is 1. The van der Waals surface area contributed by atoms with E-state index in [9.17, 15) is 4.79 Å². The van der Waals surface area contributed by atoms with Gasteiger partial charge in [0.15, 0.2) is 0 Å². The van der Waals surface area contributed by atoms with Crippen LogP contribution in [-0.4, -0.2) is 11.1 Å². The van der Waals surface area contributed by atoms with Crippen molar-refractivity contribution in [2.75, 3.05) is 0 Å². The Hall–Kier alpha value is -1.83. The van der Waals surface area contributed by atoms with Gasteiger partial charge in [0.1, 0.15) is 0 Å². The van der Waals surface area contributed by atoms with Crippen molar-refractivity contribution in [3.63, 3.8) is 0 Å². The summed E-state index contributed by atoms with van der Waals surface area (Å²) in [6.07, 6.45) is 1.06. The molecule has 2 nitrogen and oxygen atoms in total. The van der Waals surface area contributed by atoms with Gasteiger partial charge in [0.05, 0.1) is 6.42 Å². The van der Waals surface area contributed by atoms with Crippen molar-refractivity contribution in [1.29, 1.82) is 0 Å². The first-order valence-corrected chi connectivity index (χ1v) is 5.43. The largest absolute Gasteiger partial charge is 0.481 e. The number of benzene rings is 2. The summed E-state index contributed by atoms with van der Waals surface area (Å²) in [7, 11) is 0. The highest BCUT2D eigenvalue weighted by Crippen LogP contribution is 2.21. The molecule has 0 atom stereocenters. The fourth-order valence-electron chi connectivity index (χ4n) is 1.92. The van der Waals surface area contributed by atoms with Gasteiger partial charge in [0.2, 0.25) is 0 Å². The van der Waals surface area contributed by atoms with Gasteiger partial charge >= 0.3 is 5.97 Å². The van der Waals surface area contributed by atoms with Crippen LogP contribution in [0, 0.1) is 0 Å². The number of hydrogen-bond acceptors (Lipinski definition) is 1. The Balaban J connectivity index is 2.59. The Bertz CT molecular complexity index is 529. The van der Waals surface area contributed by atoms with Crippen LogP contribution >= 0.6 is 0 Å². The highest BCUT2D eigenvalue weighted by molar-refractivity contribution is 5.89. The summed E-state index contributed by atoms with van der Waals surface area (Å²) < 4.78 is 0. The van der Waals surface area contributed by atoms with Gasteiger partial charge in [0, 0.05) is 0 Å². The number of fused-ring (bicyclic) bond motifs is 1. The molecule has 0 spiro atoms. The molecule has 0 bridgehead atoms. The number of rotatable bonds is 3. The molecule has 1 N–H and O–H groups in total. The van der Waals surface area contributed by atoms with Gasteiger partial charge in [-0.05, 0) is 28.3 Å². The first-order chi connectivity index (χ1) is 7.70. The monoisotopic (exact) mass is 214 g/mol. The van der Waals surface area contributed by atoms with E-state index in [0.717, 1.165) is 22.8 Å². The fourth-order valence-corrected chi connectivity index (χ4v) is 1.92. The number of carbonyl (C=O) groups is 1. The maximum Gasteiger partial charge on any atom is 0.307 e. The van der Waals surface area contributed by atoms with Gasteiger partial charge in [-0.15, -0.1) is 0 Å². The highest BCUT2D eigenvalue weighted by Gasteiger charge is 2.05. The third-order valence-electron chi connectivity index (χ3n) is 2.79. The van der Waals surface area contributed by atoms with Crippen molar-refractivity contribution in [3.8, 4) is 0 Å². The third kappa shape index (κ3) is 2.06. The summed E-state index contributed by atoms with van der Waals surface area (Å²) in [5.74, 6) is -0.783. The molecule has 0 aromatic heterocycles. The minimum Gasteiger partial charge on any atom is -0.481 e. The molecular weight excluding hydrogens is 200 g/mol. The summed E-state index contributed by atoms with van der Waals surface area (Å²) in [6, 6.07) is 12.0. The highest BCUT2D eigenvalue weighted by atomic mass is 16.4. The zero-order valence-electron chi connectivity index (χ0n) is 9.23. The van der Waals surface area contributed by atoms with Gasteiger partial charge in [-0.25, -0.2) is 0 Å². The van der Waals surface area contributed by atoms with Crippen molar-refractivity contribution in [3.05, 3.63) is 47.5 Å². The van der Waals surface area contributed by atoms with Gasteiger partial charge in [0.25, 0.3) is 0 Å². The molecule has 0 aliphatic carbocycles. The summed E-state index contributed by atoms with van der Waals surface area (Å²) in [4.78, 5) is 10.8. The van der Waals surface area contributed by atoms with Crippen LogP contribution in [0.2, 0.25) is 0 Å². The predicted octanol–water partition coefficient (Wildman–Crippen LogP) is 3.03. The van der Waals surface area contributed by atoms with Gasteiger partial charge in [-0.1, -0.05) is 43.3 Å². The number of carboxylic acid groups (broad SMARTS) is 1. The zero-order chi connectivity index (χ0) is 11.5. The van der Waals surface area contributed by atoms with E-state index in [4.69, 9.17) is 5.11 Å². The van der Waals surface area contributed by atoms with Crippen molar-refractivity contribution < 1.29 is 9.90 Å². The predicted molar refractivity (Wildman–Crippen MR) is 64.7 cm³/mol. The van der Waals surface area contributed by atoms with Crippen LogP contribution in [0.4, 0.5) is 0 Å². The molecule has 2 aromatic carbocycles. The van der Waals surface area contributed by atoms with E-state index in [0.29, 0.717) is 0 Å². The average molecular weight is 214 g/mol. The molecule has 0 radical (unpaired) electrons. The van der Waals surface area contributed by atoms with Crippen molar-refractivity contribution in [2.24, 2.45) is 0 Å². The Morgan fingerprint density at radius 1 is 1.25 bits per heavy atom. The second-order valence-electron chi connectivity index (χ2n) is 3.90. The van der Waals surface area contributed by atoms with E-state index < -0.39 is 5.97 Å². The number of carboxylic acids is 1. The topological polar surface area (TPSA) is 37.3 Å². The molecule has 0 aliphatic rings. The standard InChI is InChI=1S/C14H14O2/c1-2-10-6-7-11-4-3-5-12(9-14(15)16)13(11)8-10/h3-8H,2,9H2,1H3,(H,15,16).